The first-order valence-corrected chi connectivity index (χ1v) is 6.57. The van der Waals surface area contributed by atoms with Crippen molar-refractivity contribution in [3.05, 3.63) is 23.9 Å². The zero-order valence-electron chi connectivity index (χ0n) is 11.2. The average molecular weight is 250 g/mol. The van der Waals surface area contributed by atoms with E-state index in [-0.39, 0.29) is 0 Å². The lowest BCUT2D eigenvalue weighted by Crippen LogP contribution is -2.36. The second kappa shape index (κ2) is 6.71. The summed E-state index contributed by atoms with van der Waals surface area (Å²) in [5.41, 5.74) is 1.19. The molecule has 2 unspecified atom stereocenters. The topological polar surface area (TPSA) is 43.4 Å². The van der Waals surface area contributed by atoms with Crippen molar-refractivity contribution in [2.75, 3.05) is 14.2 Å². The van der Waals surface area contributed by atoms with Crippen molar-refractivity contribution in [1.82, 2.24) is 10.3 Å². The first kappa shape index (κ1) is 13.3. The molecule has 0 radical (unpaired) electrons. The number of nitrogens with one attached hydrogen (secondary N) is 1. The molecule has 2 rings (SSSR count). The standard InChI is InChI=1S/C14H22N2O2/c1-17-13-5-3-4-12(8-13)15-9-11-6-7-14(18-2)16-10-11/h6-7,10,12-13,15H,3-5,8-9H2,1-2H3. The number of ether oxygens (including phenoxy) is 2. The Morgan fingerprint density at radius 2 is 2.22 bits per heavy atom. The van der Waals surface area contributed by atoms with Crippen molar-refractivity contribution in [3.63, 3.8) is 0 Å². The molecule has 2 atom stereocenters. The Morgan fingerprint density at radius 3 is 2.89 bits per heavy atom. The maximum absolute atomic E-state index is 5.43. The first-order chi connectivity index (χ1) is 8.81. The average Bonchev–Trinajstić information content (AvgIpc) is 2.46. The number of hydrogen-bond acceptors (Lipinski definition) is 4. The highest BCUT2D eigenvalue weighted by molar-refractivity contribution is 5.17. The van der Waals surface area contributed by atoms with Crippen molar-refractivity contribution in [2.24, 2.45) is 0 Å². The number of methoxy groups -OCH3 is 2. The van der Waals surface area contributed by atoms with Gasteiger partial charge in [-0.1, -0.05) is 6.07 Å². The summed E-state index contributed by atoms with van der Waals surface area (Å²) in [5, 5.41) is 3.58. The maximum atomic E-state index is 5.43. The molecule has 1 aromatic rings. The van der Waals surface area contributed by atoms with Crippen LogP contribution in [-0.2, 0) is 11.3 Å². The minimum absolute atomic E-state index is 0.422. The number of pyridine rings is 1. The highest BCUT2D eigenvalue weighted by Crippen LogP contribution is 2.21. The van der Waals surface area contributed by atoms with E-state index in [1.54, 1.807) is 14.2 Å². The predicted octanol–water partition coefficient (Wildman–Crippen LogP) is 2.14. The van der Waals surface area contributed by atoms with Gasteiger partial charge in [0.2, 0.25) is 5.88 Å². The second-order valence-corrected chi connectivity index (χ2v) is 4.81. The van der Waals surface area contributed by atoms with Crippen LogP contribution in [0.3, 0.4) is 0 Å². The Hall–Kier alpha value is -1.13. The smallest absolute Gasteiger partial charge is 0.212 e. The Labute approximate surface area is 109 Å². The molecule has 0 spiro atoms. The summed E-state index contributed by atoms with van der Waals surface area (Å²) in [6, 6.07) is 4.51. The third kappa shape index (κ3) is 3.68. The normalized spacial score (nSPS) is 23.9. The lowest BCUT2D eigenvalue weighted by Gasteiger charge is -2.28. The molecule has 18 heavy (non-hydrogen) atoms. The molecule has 4 heteroatoms. The van der Waals surface area contributed by atoms with Crippen LogP contribution in [0.1, 0.15) is 31.2 Å². The van der Waals surface area contributed by atoms with Crippen LogP contribution in [0.5, 0.6) is 5.88 Å². The molecule has 1 aromatic heterocycles. The molecule has 0 aromatic carbocycles. The van der Waals surface area contributed by atoms with E-state index in [9.17, 15) is 0 Å². The summed E-state index contributed by atoms with van der Waals surface area (Å²) in [7, 11) is 3.44. The van der Waals surface area contributed by atoms with Crippen LogP contribution in [-0.4, -0.2) is 31.3 Å². The summed E-state index contributed by atoms with van der Waals surface area (Å²) in [4.78, 5) is 4.21. The number of rotatable bonds is 5. The van der Waals surface area contributed by atoms with Crippen LogP contribution >= 0.6 is 0 Å². The summed E-state index contributed by atoms with van der Waals surface area (Å²) >= 11 is 0. The molecule has 1 saturated carbocycles. The minimum Gasteiger partial charge on any atom is -0.481 e. The Balaban J connectivity index is 1.79. The third-order valence-corrected chi connectivity index (χ3v) is 3.56. The van der Waals surface area contributed by atoms with Gasteiger partial charge in [-0.15, -0.1) is 0 Å². The number of aromatic nitrogens is 1. The van der Waals surface area contributed by atoms with Crippen molar-refractivity contribution >= 4 is 0 Å². The highest BCUT2D eigenvalue weighted by atomic mass is 16.5. The molecule has 0 saturated heterocycles. The summed E-state index contributed by atoms with van der Waals surface area (Å²) in [5.74, 6) is 0.663. The first-order valence-electron chi connectivity index (χ1n) is 6.57. The molecule has 1 aliphatic rings. The van der Waals surface area contributed by atoms with Gasteiger partial charge in [0.15, 0.2) is 0 Å². The number of hydrogen-bond donors (Lipinski definition) is 1. The Bertz CT molecular complexity index is 353. The Kier molecular flexibility index (Phi) is 4.96. The molecule has 4 nitrogen and oxygen atoms in total. The molecule has 1 fully saturated rings. The van der Waals surface area contributed by atoms with Crippen molar-refractivity contribution < 1.29 is 9.47 Å². The van der Waals surface area contributed by atoms with Gasteiger partial charge in [-0.25, -0.2) is 4.98 Å². The molecule has 100 valence electrons. The van der Waals surface area contributed by atoms with Crippen LogP contribution in [0.2, 0.25) is 0 Å². The molecule has 0 aliphatic heterocycles. The van der Waals surface area contributed by atoms with Crippen LogP contribution < -0.4 is 10.1 Å². The van der Waals surface area contributed by atoms with Crippen molar-refractivity contribution in [3.8, 4) is 5.88 Å². The second-order valence-electron chi connectivity index (χ2n) is 4.81. The van der Waals surface area contributed by atoms with Gasteiger partial charge in [0.25, 0.3) is 0 Å². The van der Waals surface area contributed by atoms with Crippen molar-refractivity contribution in [2.45, 2.75) is 44.4 Å². The molecule has 1 heterocycles. The van der Waals surface area contributed by atoms with Crippen LogP contribution in [0.25, 0.3) is 0 Å². The summed E-state index contributed by atoms with van der Waals surface area (Å²) in [6.07, 6.45) is 7.08. The maximum Gasteiger partial charge on any atom is 0.212 e. The van der Waals surface area contributed by atoms with Gasteiger partial charge in [-0.2, -0.15) is 0 Å². The van der Waals surface area contributed by atoms with Gasteiger partial charge in [-0.05, 0) is 31.2 Å². The monoisotopic (exact) mass is 250 g/mol. The molecular formula is C14H22N2O2. The van der Waals surface area contributed by atoms with E-state index >= 15 is 0 Å². The summed E-state index contributed by atoms with van der Waals surface area (Å²) in [6.45, 7) is 0.859. The Morgan fingerprint density at radius 1 is 1.33 bits per heavy atom. The third-order valence-electron chi connectivity index (χ3n) is 3.56. The predicted molar refractivity (Wildman–Crippen MR) is 70.7 cm³/mol. The SMILES string of the molecule is COc1ccc(CNC2CCCC(OC)C2)cn1. The van der Waals surface area contributed by atoms with Gasteiger partial charge >= 0.3 is 0 Å². The van der Waals surface area contributed by atoms with E-state index < -0.39 is 0 Å². The van der Waals surface area contributed by atoms with Gasteiger partial charge in [0, 0.05) is 32.0 Å². The fourth-order valence-electron chi connectivity index (χ4n) is 2.44. The molecule has 0 bridgehead atoms. The molecule has 0 amide bonds. The van der Waals surface area contributed by atoms with Crippen LogP contribution in [0, 0.1) is 0 Å². The molecular weight excluding hydrogens is 228 g/mol. The van der Waals surface area contributed by atoms with E-state index in [2.05, 4.69) is 16.4 Å². The fraction of sp³-hybridized carbons (Fsp3) is 0.643. The van der Waals surface area contributed by atoms with Crippen molar-refractivity contribution in [1.29, 1.82) is 0 Å². The quantitative estimate of drug-likeness (QED) is 0.869. The van der Waals surface area contributed by atoms with E-state index in [0.29, 0.717) is 18.0 Å². The van der Waals surface area contributed by atoms with Crippen LogP contribution in [0.15, 0.2) is 18.3 Å². The van der Waals surface area contributed by atoms with E-state index in [1.165, 1.54) is 24.8 Å². The largest absolute Gasteiger partial charge is 0.481 e. The zero-order chi connectivity index (χ0) is 12.8. The van der Waals surface area contributed by atoms with Gasteiger partial charge in [0.1, 0.15) is 0 Å². The minimum atomic E-state index is 0.422. The zero-order valence-corrected chi connectivity index (χ0v) is 11.2. The van der Waals surface area contributed by atoms with E-state index in [0.717, 1.165) is 13.0 Å². The summed E-state index contributed by atoms with van der Waals surface area (Å²) < 4.78 is 10.5. The van der Waals surface area contributed by atoms with Crippen LogP contribution in [0.4, 0.5) is 0 Å². The molecule has 1 N–H and O–H groups in total. The van der Waals surface area contributed by atoms with Gasteiger partial charge in [0.05, 0.1) is 13.2 Å². The highest BCUT2D eigenvalue weighted by Gasteiger charge is 2.20. The van der Waals surface area contributed by atoms with E-state index in [4.69, 9.17) is 9.47 Å². The van der Waals surface area contributed by atoms with Gasteiger partial charge in [-0.3, -0.25) is 0 Å². The lowest BCUT2D eigenvalue weighted by molar-refractivity contribution is 0.0586. The lowest BCUT2D eigenvalue weighted by atomic mass is 9.93. The number of nitrogens with zero attached hydrogens (tertiary/aromatic N) is 1. The van der Waals surface area contributed by atoms with E-state index in [1.807, 2.05) is 12.3 Å². The molecule has 1 aliphatic carbocycles. The fourth-order valence-corrected chi connectivity index (χ4v) is 2.44. The van der Waals surface area contributed by atoms with Gasteiger partial charge < -0.3 is 14.8 Å².